The van der Waals surface area contributed by atoms with E-state index in [1.165, 1.54) is 0 Å². The minimum absolute atomic E-state index is 0.0517. The van der Waals surface area contributed by atoms with E-state index in [1.807, 2.05) is 39.0 Å². The van der Waals surface area contributed by atoms with Crippen LogP contribution in [0.15, 0.2) is 28.8 Å². The first-order chi connectivity index (χ1) is 13.4. The third-order valence-corrected chi connectivity index (χ3v) is 4.44. The van der Waals surface area contributed by atoms with E-state index in [0.29, 0.717) is 28.1 Å². The van der Waals surface area contributed by atoms with Crippen molar-refractivity contribution < 1.29 is 19.5 Å². The molecule has 1 unspecified atom stereocenters. The summed E-state index contributed by atoms with van der Waals surface area (Å²) in [4.78, 5) is 8.95. The number of halogens is 1. The third kappa shape index (κ3) is 4.49. The second kappa shape index (κ2) is 8.68. The quantitative estimate of drug-likeness (QED) is 0.623. The summed E-state index contributed by atoms with van der Waals surface area (Å²) in [5, 5.41) is 22.8. The number of ether oxygens (including phenoxy) is 1. The molecule has 3 rings (SSSR count). The highest BCUT2D eigenvalue weighted by Gasteiger charge is 2.16. The second-order valence-corrected chi connectivity index (χ2v) is 6.92. The van der Waals surface area contributed by atoms with Gasteiger partial charge < -0.3 is 19.5 Å². The summed E-state index contributed by atoms with van der Waals surface area (Å²) in [7, 11) is 0. The highest BCUT2D eigenvalue weighted by molar-refractivity contribution is 6.32. The Morgan fingerprint density at radius 1 is 1.14 bits per heavy atom. The largest absolute Gasteiger partial charge is 0.489 e. The van der Waals surface area contributed by atoms with Crippen molar-refractivity contribution in [1.82, 2.24) is 15.1 Å². The van der Waals surface area contributed by atoms with Crippen molar-refractivity contribution >= 4 is 11.6 Å². The molecule has 2 heterocycles. The Morgan fingerprint density at radius 3 is 2.61 bits per heavy atom. The lowest BCUT2D eigenvalue weighted by molar-refractivity contribution is 0.0534. The molecule has 2 aromatic heterocycles. The fourth-order valence-electron chi connectivity index (χ4n) is 2.77. The minimum Gasteiger partial charge on any atom is -0.489 e. The van der Waals surface area contributed by atoms with Crippen LogP contribution in [0, 0.1) is 13.8 Å². The molecular weight excluding hydrogens is 382 g/mol. The summed E-state index contributed by atoms with van der Waals surface area (Å²) in [6.07, 6.45) is -0.150. The number of aryl methyl sites for hydroxylation is 3. The monoisotopic (exact) mass is 403 g/mol. The number of aliphatic hydroxyl groups excluding tert-OH is 2. The van der Waals surface area contributed by atoms with Gasteiger partial charge in [-0.25, -0.2) is 0 Å². The lowest BCUT2D eigenvalue weighted by Crippen LogP contribution is -2.21. The van der Waals surface area contributed by atoms with Crippen molar-refractivity contribution in [3.8, 4) is 28.6 Å². The standard InChI is InChI=1S/C20H22ClN3O4/c1-4-15-7-14(6-12(3)22-15)20-23-19(24-28-20)13-5-11(2)18(17(21)8-13)27-10-16(26)9-25/h5-8,16,25-26H,4,9-10H2,1-3H3. The van der Waals surface area contributed by atoms with Gasteiger partial charge in [0.15, 0.2) is 0 Å². The average Bonchev–Trinajstić information content (AvgIpc) is 3.16. The van der Waals surface area contributed by atoms with Crippen LogP contribution in [-0.2, 0) is 6.42 Å². The Labute approximate surface area is 168 Å². The predicted octanol–water partition coefficient (Wildman–Crippen LogP) is 3.36. The number of hydrogen-bond acceptors (Lipinski definition) is 7. The smallest absolute Gasteiger partial charge is 0.258 e. The zero-order valence-corrected chi connectivity index (χ0v) is 16.7. The van der Waals surface area contributed by atoms with Crippen LogP contribution in [0.3, 0.4) is 0 Å². The van der Waals surface area contributed by atoms with Gasteiger partial charge in [0.25, 0.3) is 5.89 Å². The van der Waals surface area contributed by atoms with Crippen LogP contribution in [0.5, 0.6) is 5.75 Å². The molecule has 0 bridgehead atoms. The zero-order valence-electron chi connectivity index (χ0n) is 15.9. The molecule has 0 amide bonds. The van der Waals surface area contributed by atoms with Gasteiger partial charge >= 0.3 is 0 Å². The van der Waals surface area contributed by atoms with Crippen LogP contribution in [-0.4, -0.2) is 44.7 Å². The Morgan fingerprint density at radius 2 is 1.93 bits per heavy atom. The van der Waals surface area contributed by atoms with Crippen LogP contribution in [0.25, 0.3) is 22.8 Å². The molecule has 7 nitrogen and oxygen atoms in total. The van der Waals surface area contributed by atoms with Crippen LogP contribution < -0.4 is 4.74 Å². The topological polar surface area (TPSA) is 102 Å². The van der Waals surface area contributed by atoms with Gasteiger partial charge in [0.2, 0.25) is 5.82 Å². The van der Waals surface area contributed by atoms with E-state index < -0.39 is 6.10 Å². The lowest BCUT2D eigenvalue weighted by Gasteiger charge is -2.14. The van der Waals surface area contributed by atoms with E-state index in [1.54, 1.807) is 6.07 Å². The number of aliphatic hydroxyl groups is 2. The zero-order chi connectivity index (χ0) is 20.3. The summed E-state index contributed by atoms with van der Waals surface area (Å²) in [6.45, 7) is 5.36. The molecule has 0 aliphatic rings. The van der Waals surface area contributed by atoms with E-state index >= 15 is 0 Å². The fraction of sp³-hybridized carbons (Fsp3) is 0.350. The Kier molecular flexibility index (Phi) is 6.28. The first kappa shape index (κ1) is 20.3. The Bertz CT molecular complexity index is 951. The highest BCUT2D eigenvalue weighted by Crippen LogP contribution is 2.34. The maximum Gasteiger partial charge on any atom is 0.258 e. The molecular formula is C20H22ClN3O4. The summed E-state index contributed by atoms with van der Waals surface area (Å²) in [5.41, 5.74) is 4.12. The highest BCUT2D eigenvalue weighted by atomic mass is 35.5. The van der Waals surface area contributed by atoms with Gasteiger partial charge in [-0.3, -0.25) is 4.98 Å². The lowest BCUT2D eigenvalue weighted by atomic mass is 10.1. The number of aromatic nitrogens is 3. The van der Waals surface area contributed by atoms with Gasteiger partial charge in [-0.2, -0.15) is 4.98 Å². The summed E-state index contributed by atoms with van der Waals surface area (Å²) in [6, 6.07) is 7.35. The molecule has 2 N–H and O–H groups in total. The van der Waals surface area contributed by atoms with Crippen molar-refractivity contribution in [3.05, 3.63) is 46.2 Å². The molecule has 0 fully saturated rings. The minimum atomic E-state index is -0.966. The van der Waals surface area contributed by atoms with E-state index in [9.17, 15) is 5.11 Å². The van der Waals surface area contributed by atoms with E-state index in [4.69, 9.17) is 26.0 Å². The van der Waals surface area contributed by atoms with Crippen LogP contribution in [0.4, 0.5) is 0 Å². The van der Waals surface area contributed by atoms with Crippen LogP contribution in [0.1, 0.15) is 23.9 Å². The Hall–Kier alpha value is -2.48. The van der Waals surface area contributed by atoms with Gasteiger partial charge in [-0.05, 0) is 50.1 Å². The molecule has 0 saturated carbocycles. The molecule has 0 radical (unpaired) electrons. The maximum absolute atomic E-state index is 9.45. The fourth-order valence-corrected chi connectivity index (χ4v) is 3.10. The number of pyridine rings is 1. The van der Waals surface area contributed by atoms with E-state index in [-0.39, 0.29) is 13.2 Å². The van der Waals surface area contributed by atoms with E-state index in [0.717, 1.165) is 28.9 Å². The predicted molar refractivity (Wildman–Crippen MR) is 105 cm³/mol. The van der Waals surface area contributed by atoms with Crippen molar-refractivity contribution in [3.63, 3.8) is 0 Å². The van der Waals surface area contributed by atoms with E-state index in [2.05, 4.69) is 15.1 Å². The molecule has 8 heteroatoms. The normalized spacial score (nSPS) is 12.2. The molecule has 0 spiro atoms. The van der Waals surface area contributed by atoms with Gasteiger partial charge in [0.1, 0.15) is 18.5 Å². The molecule has 1 aromatic carbocycles. The van der Waals surface area contributed by atoms with Gasteiger partial charge in [-0.15, -0.1) is 0 Å². The van der Waals surface area contributed by atoms with Crippen molar-refractivity contribution in [2.45, 2.75) is 33.3 Å². The molecule has 1 atom stereocenters. The molecule has 0 aliphatic heterocycles. The molecule has 28 heavy (non-hydrogen) atoms. The SMILES string of the molecule is CCc1cc(-c2nc(-c3cc(C)c(OCC(O)CO)c(Cl)c3)no2)cc(C)n1. The second-order valence-electron chi connectivity index (χ2n) is 6.52. The molecule has 0 saturated heterocycles. The summed E-state index contributed by atoms with van der Waals surface area (Å²) in [5.74, 6) is 1.27. The third-order valence-electron chi connectivity index (χ3n) is 4.16. The van der Waals surface area contributed by atoms with Crippen LogP contribution >= 0.6 is 11.6 Å². The number of nitrogens with zero attached hydrogens (tertiary/aromatic N) is 3. The van der Waals surface area contributed by atoms with Crippen molar-refractivity contribution in [2.75, 3.05) is 13.2 Å². The molecule has 0 aliphatic carbocycles. The first-order valence-corrected chi connectivity index (χ1v) is 9.33. The van der Waals surface area contributed by atoms with Gasteiger partial charge in [0, 0.05) is 22.5 Å². The molecule has 3 aromatic rings. The number of benzene rings is 1. The first-order valence-electron chi connectivity index (χ1n) is 8.95. The maximum atomic E-state index is 9.45. The van der Waals surface area contributed by atoms with Crippen molar-refractivity contribution in [2.24, 2.45) is 0 Å². The number of rotatable bonds is 7. The average molecular weight is 404 g/mol. The molecule has 148 valence electrons. The Balaban J connectivity index is 1.88. The van der Waals surface area contributed by atoms with Crippen LogP contribution in [0.2, 0.25) is 5.02 Å². The summed E-state index contributed by atoms with van der Waals surface area (Å²) >= 11 is 6.33. The van der Waals surface area contributed by atoms with Gasteiger partial charge in [0.05, 0.1) is 11.6 Å². The van der Waals surface area contributed by atoms with Crippen molar-refractivity contribution in [1.29, 1.82) is 0 Å². The number of hydrogen-bond donors (Lipinski definition) is 2. The van der Waals surface area contributed by atoms with Gasteiger partial charge in [-0.1, -0.05) is 23.7 Å². The summed E-state index contributed by atoms with van der Waals surface area (Å²) < 4.78 is 11.0.